The van der Waals surface area contributed by atoms with E-state index in [1.807, 2.05) is 63.2 Å². The van der Waals surface area contributed by atoms with E-state index in [1.54, 1.807) is 6.07 Å². The van der Waals surface area contributed by atoms with Crippen molar-refractivity contribution in [1.29, 1.82) is 0 Å². The number of benzene rings is 2. The van der Waals surface area contributed by atoms with Crippen LogP contribution in [0.25, 0.3) is 11.3 Å². The van der Waals surface area contributed by atoms with E-state index in [0.29, 0.717) is 24.8 Å². The Balaban J connectivity index is 1.38. The van der Waals surface area contributed by atoms with Crippen molar-refractivity contribution in [1.82, 2.24) is 15.5 Å². The third-order valence-electron chi connectivity index (χ3n) is 4.23. The molecule has 0 radical (unpaired) electrons. The SMILES string of the molecule is Cc1ccc(-c2ccc(OCCNC(=O)COc3cc(C)cc(C)c3)nn2)cc1. The predicted molar refractivity (Wildman–Crippen MR) is 112 cm³/mol. The van der Waals surface area contributed by atoms with Crippen molar-refractivity contribution in [2.24, 2.45) is 0 Å². The second kappa shape index (κ2) is 9.68. The zero-order chi connectivity index (χ0) is 20.6. The summed E-state index contributed by atoms with van der Waals surface area (Å²) in [6.45, 7) is 6.65. The van der Waals surface area contributed by atoms with Gasteiger partial charge in [0.15, 0.2) is 6.61 Å². The topological polar surface area (TPSA) is 73.3 Å². The molecule has 0 aliphatic rings. The Kier molecular flexibility index (Phi) is 6.79. The van der Waals surface area contributed by atoms with E-state index in [9.17, 15) is 4.79 Å². The lowest BCUT2D eigenvalue weighted by Crippen LogP contribution is -2.32. The van der Waals surface area contributed by atoms with Crippen molar-refractivity contribution in [3.8, 4) is 22.9 Å². The fraction of sp³-hybridized carbons (Fsp3) is 0.261. The van der Waals surface area contributed by atoms with Crippen LogP contribution < -0.4 is 14.8 Å². The van der Waals surface area contributed by atoms with E-state index < -0.39 is 0 Å². The van der Waals surface area contributed by atoms with Gasteiger partial charge in [-0.1, -0.05) is 35.9 Å². The lowest BCUT2D eigenvalue weighted by atomic mass is 10.1. The molecular formula is C23H25N3O3. The molecule has 150 valence electrons. The molecule has 6 nitrogen and oxygen atoms in total. The molecule has 6 heteroatoms. The minimum atomic E-state index is -0.200. The second-order valence-corrected chi connectivity index (χ2v) is 6.93. The molecule has 3 aromatic rings. The third-order valence-corrected chi connectivity index (χ3v) is 4.23. The van der Waals surface area contributed by atoms with Crippen LogP contribution in [0.5, 0.6) is 11.6 Å². The average molecular weight is 391 g/mol. The number of aromatic nitrogens is 2. The molecule has 0 saturated carbocycles. The van der Waals surface area contributed by atoms with Crippen LogP contribution in [-0.4, -0.2) is 35.9 Å². The van der Waals surface area contributed by atoms with Crippen molar-refractivity contribution < 1.29 is 14.3 Å². The van der Waals surface area contributed by atoms with Crippen LogP contribution in [0.15, 0.2) is 54.6 Å². The van der Waals surface area contributed by atoms with Crippen LogP contribution in [0.3, 0.4) is 0 Å². The summed E-state index contributed by atoms with van der Waals surface area (Å²) in [5.74, 6) is 0.910. The summed E-state index contributed by atoms with van der Waals surface area (Å²) in [5, 5.41) is 11.0. The zero-order valence-electron chi connectivity index (χ0n) is 16.9. The zero-order valence-corrected chi connectivity index (χ0v) is 16.9. The highest BCUT2D eigenvalue weighted by atomic mass is 16.5. The highest BCUT2D eigenvalue weighted by Gasteiger charge is 2.05. The second-order valence-electron chi connectivity index (χ2n) is 6.93. The molecule has 0 spiro atoms. The number of amides is 1. The van der Waals surface area contributed by atoms with Crippen LogP contribution in [0.4, 0.5) is 0 Å². The lowest BCUT2D eigenvalue weighted by Gasteiger charge is -2.09. The molecular weight excluding hydrogens is 366 g/mol. The molecule has 0 saturated heterocycles. The van der Waals surface area contributed by atoms with Crippen LogP contribution in [0, 0.1) is 20.8 Å². The minimum Gasteiger partial charge on any atom is -0.484 e. The molecule has 0 bridgehead atoms. The van der Waals surface area contributed by atoms with Crippen molar-refractivity contribution in [3.63, 3.8) is 0 Å². The normalized spacial score (nSPS) is 10.4. The summed E-state index contributed by atoms with van der Waals surface area (Å²) in [6.07, 6.45) is 0. The maximum atomic E-state index is 11.9. The third kappa shape index (κ3) is 6.31. The monoisotopic (exact) mass is 391 g/mol. The highest BCUT2D eigenvalue weighted by molar-refractivity contribution is 5.77. The maximum Gasteiger partial charge on any atom is 0.258 e. The van der Waals surface area contributed by atoms with E-state index in [4.69, 9.17) is 9.47 Å². The predicted octanol–water partition coefficient (Wildman–Crippen LogP) is 3.64. The van der Waals surface area contributed by atoms with Gasteiger partial charge in [0.05, 0.1) is 12.2 Å². The molecule has 0 fully saturated rings. The number of carbonyl (C=O) groups is 1. The number of carbonyl (C=O) groups excluding carboxylic acids is 1. The molecule has 1 N–H and O–H groups in total. The molecule has 2 aromatic carbocycles. The van der Waals surface area contributed by atoms with Gasteiger partial charge < -0.3 is 14.8 Å². The first-order valence-electron chi connectivity index (χ1n) is 9.51. The van der Waals surface area contributed by atoms with E-state index in [2.05, 4.69) is 21.6 Å². The van der Waals surface area contributed by atoms with Gasteiger partial charge in [-0.3, -0.25) is 4.79 Å². The minimum absolute atomic E-state index is 0.0338. The Morgan fingerprint density at radius 2 is 1.59 bits per heavy atom. The number of nitrogens with zero attached hydrogens (tertiary/aromatic N) is 2. The Morgan fingerprint density at radius 1 is 0.862 bits per heavy atom. The first-order valence-corrected chi connectivity index (χ1v) is 9.51. The van der Waals surface area contributed by atoms with E-state index >= 15 is 0 Å². The van der Waals surface area contributed by atoms with Crippen molar-refractivity contribution >= 4 is 5.91 Å². The van der Waals surface area contributed by atoms with Gasteiger partial charge in [0, 0.05) is 11.6 Å². The van der Waals surface area contributed by atoms with Gasteiger partial charge in [-0.25, -0.2) is 0 Å². The first kappa shape index (κ1) is 20.3. The van der Waals surface area contributed by atoms with E-state index in [-0.39, 0.29) is 12.5 Å². The van der Waals surface area contributed by atoms with Crippen LogP contribution >= 0.6 is 0 Å². The summed E-state index contributed by atoms with van der Waals surface area (Å²) in [6, 6.07) is 17.6. The number of rotatable bonds is 8. The number of hydrogen-bond donors (Lipinski definition) is 1. The standard InChI is InChI=1S/C23H25N3O3/c1-16-4-6-19(7-5-16)21-8-9-23(26-25-21)28-11-10-24-22(27)15-29-20-13-17(2)12-18(3)14-20/h4-9,12-14H,10-11,15H2,1-3H3,(H,24,27). The van der Waals surface area contributed by atoms with Gasteiger partial charge in [0.2, 0.25) is 5.88 Å². The smallest absolute Gasteiger partial charge is 0.258 e. The fourth-order valence-electron chi connectivity index (χ4n) is 2.84. The summed E-state index contributed by atoms with van der Waals surface area (Å²) in [4.78, 5) is 11.9. The first-order chi connectivity index (χ1) is 14.0. The van der Waals surface area contributed by atoms with Crippen molar-refractivity contribution in [3.05, 3.63) is 71.3 Å². The van der Waals surface area contributed by atoms with Gasteiger partial charge in [-0.2, -0.15) is 0 Å². The van der Waals surface area contributed by atoms with Gasteiger partial charge in [-0.05, 0) is 50.1 Å². The molecule has 29 heavy (non-hydrogen) atoms. The summed E-state index contributed by atoms with van der Waals surface area (Å²) >= 11 is 0. The molecule has 1 amide bonds. The van der Waals surface area contributed by atoms with Crippen LogP contribution in [0.1, 0.15) is 16.7 Å². The molecule has 1 heterocycles. The molecule has 3 rings (SSSR count). The highest BCUT2D eigenvalue weighted by Crippen LogP contribution is 2.18. The van der Waals surface area contributed by atoms with Gasteiger partial charge >= 0.3 is 0 Å². The van der Waals surface area contributed by atoms with Crippen molar-refractivity contribution in [2.75, 3.05) is 19.8 Å². The molecule has 0 aliphatic carbocycles. The number of hydrogen-bond acceptors (Lipinski definition) is 5. The number of aryl methyl sites for hydroxylation is 3. The van der Waals surface area contributed by atoms with Gasteiger partial charge in [0.25, 0.3) is 5.91 Å². The molecule has 0 unspecified atom stereocenters. The largest absolute Gasteiger partial charge is 0.484 e. The van der Waals surface area contributed by atoms with Crippen molar-refractivity contribution in [2.45, 2.75) is 20.8 Å². The lowest BCUT2D eigenvalue weighted by molar-refractivity contribution is -0.123. The van der Waals surface area contributed by atoms with Gasteiger partial charge in [-0.15, -0.1) is 10.2 Å². The van der Waals surface area contributed by atoms with E-state index in [0.717, 1.165) is 22.4 Å². The maximum absolute atomic E-state index is 11.9. The summed E-state index contributed by atoms with van der Waals surface area (Å²) < 4.78 is 11.1. The molecule has 1 aromatic heterocycles. The molecule has 0 atom stereocenters. The average Bonchev–Trinajstić information content (AvgIpc) is 2.70. The Hall–Kier alpha value is -3.41. The summed E-state index contributed by atoms with van der Waals surface area (Å²) in [7, 11) is 0. The summed E-state index contributed by atoms with van der Waals surface area (Å²) in [5.41, 5.74) is 5.19. The Bertz CT molecular complexity index is 934. The van der Waals surface area contributed by atoms with E-state index in [1.165, 1.54) is 5.56 Å². The van der Waals surface area contributed by atoms with Crippen LogP contribution in [0.2, 0.25) is 0 Å². The number of ether oxygens (including phenoxy) is 2. The number of nitrogens with one attached hydrogen (secondary N) is 1. The van der Waals surface area contributed by atoms with Crippen LogP contribution in [-0.2, 0) is 4.79 Å². The Morgan fingerprint density at radius 3 is 2.24 bits per heavy atom. The van der Waals surface area contributed by atoms with Gasteiger partial charge in [0.1, 0.15) is 12.4 Å². The molecule has 0 aliphatic heterocycles. The Labute approximate surface area is 170 Å². The quantitative estimate of drug-likeness (QED) is 0.594. The fourth-order valence-corrected chi connectivity index (χ4v) is 2.84.